The van der Waals surface area contributed by atoms with Crippen LogP contribution in [0.5, 0.6) is 0 Å². The average Bonchev–Trinajstić information content (AvgIpc) is 2.47. The minimum Gasteiger partial charge on any atom is -0.480 e. The Kier molecular flexibility index (Phi) is 2.48. The number of carbonyl (C=O) groups is 2. The molecule has 4 nitrogen and oxygen atoms in total. The number of likely N-dealkylation sites (tertiary alicyclic amines) is 1. The highest BCUT2D eigenvalue weighted by Crippen LogP contribution is 2.23. The summed E-state index contributed by atoms with van der Waals surface area (Å²) in [6, 6.07) is -0.628. The molecule has 0 radical (unpaired) electrons. The number of carbonyl (C=O) groups excluding carboxylic acids is 1. The van der Waals surface area contributed by atoms with Crippen LogP contribution in [0.3, 0.4) is 0 Å². The van der Waals surface area contributed by atoms with E-state index in [0.29, 0.717) is 18.5 Å². The number of hydrogen-bond donors (Lipinski definition) is 1. The number of carboxylic acids is 1. The van der Waals surface area contributed by atoms with Gasteiger partial charge in [0, 0.05) is 11.9 Å². The van der Waals surface area contributed by atoms with E-state index in [1.807, 2.05) is 12.3 Å². The van der Waals surface area contributed by atoms with Gasteiger partial charge in [-0.25, -0.2) is 4.79 Å². The molecule has 0 spiro atoms. The van der Waals surface area contributed by atoms with E-state index in [1.54, 1.807) is 5.38 Å². The van der Waals surface area contributed by atoms with Crippen LogP contribution in [-0.4, -0.2) is 34.5 Å². The summed E-state index contributed by atoms with van der Waals surface area (Å²) in [7, 11) is 0. The summed E-state index contributed by atoms with van der Waals surface area (Å²) >= 11 is 1.46. The van der Waals surface area contributed by atoms with Crippen LogP contribution in [0.25, 0.3) is 0 Å². The smallest absolute Gasteiger partial charge is 0.326 e. The predicted octanol–water partition coefficient (Wildman–Crippen LogP) is 1.36. The van der Waals surface area contributed by atoms with Gasteiger partial charge < -0.3 is 10.0 Å². The van der Waals surface area contributed by atoms with Crippen molar-refractivity contribution in [2.45, 2.75) is 19.4 Å². The molecule has 1 atom stereocenters. The Morgan fingerprint density at radius 2 is 2.27 bits per heavy atom. The number of carboxylic acid groups (broad SMARTS) is 1. The van der Waals surface area contributed by atoms with Crippen molar-refractivity contribution < 1.29 is 14.7 Å². The molecule has 1 amide bonds. The maximum Gasteiger partial charge on any atom is 0.326 e. The molecule has 2 heterocycles. The number of aryl methyl sites for hydroxylation is 1. The van der Waals surface area contributed by atoms with Crippen molar-refractivity contribution in [2.24, 2.45) is 0 Å². The van der Waals surface area contributed by atoms with E-state index in [1.165, 1.54) is 16.2 Å². The Morgan fingerprint density at radius 3 is 2.67 bits per heavy atom. The minimum atomic E-state index is -0.914. The van der Waals surface area contributed by atoms with Crippen LogP contribution < -0.4 is 0 Å². The fourth-order valence-corrected chi connectivity index (χ4v) is 2.44. The molecule has 1 aromatic heterocycles. The number of thiophene rings is 1. The first-order chi connectivity index (χ1) is 7.11. The van der Waals surface area contributed by atoms with Crippen LogP contribution >= 0.6 is 11.3 Å². The molecule has 80 valence electrons. The van der Waals surface area contributed by atoms with Gasteiger partial charge in [0.2, 0.25) is 0 Å². The van der Waals surface area contributed by atoms with Gasteiger partial charge in [0.15, 0.2) is 0 Å². The Morgan fingerprint density at radius 1 is 1.53 bits per heavy atom. The van der Waals surface area contributed by atoms with E-state index in [4.69, 9.17) is 5.11 Å². The third-order valence-corrected chi connectivity index (χ3v) is 3.51. The number of nitrogens with zero attached hydrogens (tertiary/aromatic N) is 1. The number of rotatable bonds is 2. The average molecular weight is 225 g/mol. The lowest BCUT2D eigenvalue weighted by atomic mass is 10.0. The summed E-state index contributed by atoms with van der Waals surface area (Å²) < 4.78 is 0. The van der Waals surface area contributed by atoms with Crippen molar-refractivity contribution in [3.8, 4) is 0 Å². The fourth-order valence-electron chi connectivity index (χ4n) is 1.62. The first-order valence-electron chi connectivity index (χ1n) is 4.68. The Labute approximate surface area is 91.1 Å². The van der Waals surface area contributed by atoms with Crippen LogP contribution in [0, 0.1) is 6.92 Å². The van der Waals surface area contributed by atoms with Crippen LogP contribution in [-0.2, 0) is 4.79 Å². The van der Waals surface area contributed by atoms with Crippen LogP contribution in [0.1, 0.15) is 22.3 Å². The maximum atomic E-state index is 11.9. The van der Waals surface area contributed by atoms with Gasteiger partial charge in [-0.3, -0.25) is 4.79 Å². The lowest BCUT2D eigenvalue weighted by Gasteiger charge is -2.37. The van der Waals surface area contributed by atoms with Gasteiger partial charge in [-0.15, -0.1) is 0 Å². The second-order valence-electron chi connectivity index (χ2n) is 3.61. The Balaban J connectivity index is 2.16. The van der Waals surface area contributed by atoms with E-state index in [9.17, 15) is 9.59 Å². The molecule has 2 rings (SSSR count). The van der Waals surface area contributed by atoms with Crippen molar-refractivity contribution in [3.05, 3.63) is 21.9 Å². The molecule has 5 heteroatoms. The first kappa shape index (κ1) is 10.2. The summed E-state index contributed by atoms with van der Waals surface area (Å²) in [5, 5.41) is 12.5. The van der Waals surface area contributed by atoms with Crippen molar-refractivity contribution >= 4 is 23.2 Å². The van der Waals surface area contributed by atoms with E-state index >= 15 is 0 Å². The van der Waals surface area contributed by atoms with Gasteiger partial charge in [-0.1, -0.05) is 0 Å². The Bertz CT molecular complexity index is 413. The van der Waals surface area contributed by atoms with Crippen molar-refractivity contribution in [2.75, 3.05) is 6.54 Å². The number of amides is 1. The van der Waals surface area contributed by atoms with E-state index < -0.39 is 12.0 Å². The van der Waals surface area contributed by atoms with Crippen LogP contribution in [0.4, 0.5) is 0 Å². The zero-order valence-corrected chi connectivity index (χ0v) is 9.08. The molecule has 1 aromatic rings. The van der Waals surface area contributed by atoms with E-state index in [0.717, 1.165) is 5.56 Å². The predicted molar refractivity (Wildman–Crippen MR) is 56.1 cm³/mol. The zero-order chi connectivity index (χ0) is 11.0. The zero-order valence-electron chi connectivity index (χ0n) is 8.27. The van der Waals surface area contributed by atoms with Gasteiger partial charge in [0.05, 0.1) is 5.56 Å². The lowest BCUT2D eigenvalue weighted by Crippen LogP contribution is -2.55. The molecular weight excluding hydrogens is 214 g/mol. The second-order valence-corrected chi connectivity index (χ2v) is 4.35. The monoisotopic (exact) mass is 225 g/mol. The molecule has 1 saturated heterocycles. The fraction of sp³-hybridized carbons (Fsp3) is 0.400. The molecule has 1 unspecified atom stereocenters. The summed E-state index contributed by atoms with van der Waals surface area (Å²) in [5.41, 5.74) is 1.55. The number of aliphatic carboxylic acids is 1. The van der Waals surface area contributed by atoms with E-state index in [2.05, 4.69) is 0 Å². The summed E-state index contributed by atoms with van der Waals surface area (Å²) in [5.74, 6) is -1.07. The summed E-state index contributed by atoms with van der Waals surface area (Å²) in [6.07, 6.45) is 0.560. The van der Waals surface area contributed by atoms with Crippen LogP contribution in [0.15, 0.2) is 10.8 Å². The van der Waals surface area contributed by atoms with Gasteiger partial charge in [0.1, 0.15) is 6.04 Å². The summed E-state index contributed by atoms with van der Waals surface area (Å²) in [6.45, 7) is 2.41. The van der Waals surface area contributed by atoms with E-state index in [-0.39, 0.29) is 5.91 Å². The van der Waals surface area contributed by atoms with Crippen LogP contribution in [0.2, 0.25) is 0 Å². The SMILES string of the molecule is Cc1cscc1C(=O)N1CCC1C(=O)O. The van der Waals surface area contributed by atoms with Gasteiger partial charge in [-0.05, 0) is 24.3 Å². The molecule has 0 saturated carbocycles. The van der Waals surface area contributed by atoms with Crippen molar-refractivity contribution in [1.29, 1.82) is 0 Å². The molecule has 1 aliphatic heterocycles. The molecule has 15 heavy (non-hydrogen) atoms. The molecule has 1 aliphatic rings. The topological polar surface area (TPSA) is 57.6 Å². The Hall–Kier alpha value is -1.36. The third-order valence-electron chi connectivity index (χ3n) is 2.65. The number of hydrogen-bond acceptors (Lipinski definition) is 3. The highest BCUT2D eigenvalue weighted by atomic mass is 32.1. The normalized spacial score (nSPS) is 19.8. The standard InChI is InChI=1S/C10H11NO3S/c1-6-4-15-5-7(6)9(12)11-3-2-8(11)10(13)14/h4-5,8H,2-3H2,1H3,(H,13,14). The van der Waals surface area contributed by atoms with Crippen molar-refractivity contribution in [1.82, 2.24) is 4.90 Å². The largest absolute Gasteiger partial charge is 0.480 e. The highest BCUT2D eigenvalue weighted by molar-refractivity contribution is 7.08. The third kappa shape index (κ3) is 1.63. The van der Waals surface area contributed by atoms with Gasteiger partial charge in [-0.2, -0.15) is 11.3 Å². The lowest BCUT2D eigenvalue weighted by molar-refractivity contribution is -0.146. The molecule has 0 aromatic carbocycles. The molecular formula is C10H11NO3S. The first-order valence-corrected chi connectivity index (χ1v) is 5.62. The second kappa shape index (κ2) is 3.66. The summed E-state index contributed by atoms with van der Waals surface area (Å²) in [4.78, 5) is 24.1. The minimum absolute atomic E-state index is 0.160. The maximum absolute atomic E-state index is 11.9. The highest BCUT2D eigenvalue weighted by Gasteiger charge is 2.38. The molecule has 1 N–H and O–H groups in total. The molecule has 0 bridgehead atoms. The van der Waals surface area contributed by atoms with Crippen molar-refractivity contribution in [3.63, 3.8) is 0 Å². The quantitative estimate of drug-likeness (QED) is 0.826. The molecule has 0 aliphatic carbocycles. The molecule has 1 fully saturated rings. The van der Waals surface area contributed by atoms with Gasteiger partial charge in [0.25, 0.3) is 5.91 Å². The van der Waals surface area contributed by atoms with Gasteiger partial charge >= 0.3 is 5.97 Å².